The minimum atomic E-state index is -1.65. The van der Waals surface area contributed by atoms with Crippen molar-refractivity contribution < 1.29 is 5.11 Å². The summed E-state index contributed by atoms with van der Waals surface area (Å²) in [4.78, 5) is 4.23. The number of alkyl halides is 3. The number of hydrogen-bond acceptors (Lipinski definition) is 3. The lowest BCUT2D eigenvalue weighted by Gasteiger charge is -2.13. The van der Waals surface area contributed by atoms with E-state index in [9.17, 15) is 0 Å². The van der Waals surface area contributed by atoms with Crippen molar-refractivity contribution >= 4 is 51.5 Å². The van der Waals surface area contributed by atoms with Crippen molar-refractivity contribution in [1.29, 1.82) is 0 Å². The van der Waals surface area contributed by atoms with Crippen LogP contribution in [0, 0.1) is 0 Å². The first kappa shape index (κ1) is 12.8. The summed E-state index contributed by atoms with van der Waals surface area (Å²) in [5.41, 5.74) is 7.63. The van der Waals surface area contributed by atoms with E-state index in [0.717, 1.165) is 5.52 Å². The third kappa shape index (κ3) is 2.31. The summed E-state index contributed by atoms with van der Waals surface area (Å²) in [6.07, 6.45) is 0. The molecule has 0 aliphatic carbocycles. The fourth-order valence-electron chi connectivity index (χ4n) is 1.71. The Hall–Kier alpha value is -0.680. The molecule has 0 aliphatic heterocycles. The number of para-hydroxylation sites is 1. The number of hydrogen-bond donors (Lipinski definition) is 2. The van der Waals surface area contributed by atoms with Crippen molar-refractivity contribution in [1.82, 2.24) is 9.55 Å². The van der Waals surface area contributed by atoms with E-state index >= 15 is 0 Å². The number of benzene rings is 1. The molecule has 0 bridgehead atoms. The Balaban J connectivity index is 2.75. The molecule has 0 radical (unpaired) electrons. The Morgan fingerprint density at radius 1 is 1.35 bits per heavy atom. The minimum Gasteiger partial charge on any atom is -0.397 e. The lowest BCUT2D eigenvalue weighted by molar-refractivity contribution is 0.276. The quantitative estimate of drug-likeness (QED) is 0.660. The summed E-state index contributed by atoms with van der Waals surface area (Å²) in [5.74, 6) is 0.254. The van der Waals surface area contributed by atoms with Crippen molar-refractivity contribution in [2.75, 3.05) is 12.3 Å². The van der Waals surface area contributed by atoms with Crippen LogP contribution in [0.5, 0.6) is 0 Å². The van der Waals surface area contributed by atoms with Crippen molar-refractivity contribution in [3.63, 3.8) is 0 Å². The standard InChI is InChI=1S/C10H10Cl3N3O/c11-10(12,13)9-15-8-6(14)2-1-3-7(8)16(9)4-5-17/h1-3,17H,4-5,14H2. The smallest absolute Gasteiger partial charge is 0.248 e. The van der Waals surface area contributed by atoms with E-state index in [1.165, 1.54) is 0 Å². The van der Waals surface area contributed by atoms with Crippen LogP contribution in [-0.2, 0) is 10.3 Å². The van der Waals surface area contributed by atoms with E-state index in [1.807, 2.05) is 6.07 Å². The molecular formula is C10H10Cl3N3O. The number of nitrogens with two attached hydrogens (primary N) is 1. The SMILES string of the molecule is Nc1cccc2c1nc(C(Cl)(Cl)Cl)n2CCO. The van der Waals surface area contributed by atoms with Gasteiger partial charge in [0.05, 0.1) is 17.8 Å². The second-order valence-electron chi connectivity index (χ2n) is 3.52. The molecule has 4 nitrogen and oxygen atoms in total. The first-order valence-corrected chi connectivity index (χ1v) is 6.01. The molecule has 3 N–H and O–H groups in total. The lowest BCUT2D eigenvalue weighted by Crippen LogP contribution is -2.13. The number of aromatic nitrogens is 2. The topological polar surface area (TPSA) is 64.1 Å². The molecule has 7 heteroatoms. The molecule has 2 aromatic rings. The number of aliphatic hydroxyl groups excluding tert-OH is 1. The summed E-state index contributed by atoms with van der Waals surface area (Å²) in [6.45, 7) is 0.219. The van der Waals surface area contributed by atoms with Crippen LogP contribution in [0.3, 0.4) is 0 Å². The number of rotatable bonds is 2. The van der Waals surface area contributed by atoms with E-state index in [4.69, 9.17) is 45.6 Å². The van der Waals surface area contributed by atoms with Crippen molar-refractivity contribution in [2.45, 2.75) is 10.3 Å². The number of nitrogens with zero attached hydrogens (tertiary/aromatic N) is 2. The average Bonchev–Trinajstić information content (AvgIpc) is 2.59. The van der Waals surface area contributed by atoms with Gasteiger partial charge in [0.25, 0.3) is 0 Å². The van der Waals surface area contributed by atoms with Gasteiger partial charge in [0.15, 0.2) is 5.82 Å². The Kier molecular flexibility index (Phi) is 3.41. The first-order valence-electron chi connectivity index (χ1n) is 4.88. The highest BCUT2D eigenvalue weighted by molar-refractivity contribution is 6.66. The van der Waals surface area contributed by atoms with Crippen LogP contribution in [0.1, 0.15) is 5.82 Å². The highest BCUT2D eigenvalue weighted by Crippen LogP contribution is 2.39. The monoisotopic (exact) mass is 293 g/mol. The zero-order chi connectivity index (χ0) is 12.6. The first-order chi connectivity index (χ1) is 7.95. The van der Waals surface area contributed by atoms with Gasteiger partial charge >= 0.3 is 0 Å². The van der Waals surface area contributed by atoms with Crippen LogP contribution in [0.4, 0.5) is 5.69 Å². The summed E-state index contributed by atoms with van der Waals surface area (Å²) in [5, 5.41) is 9.05. The maximum absolute atomic E-state index is 9.05. The molecule has 17 heavy (non-hydrogen) atoms. The molecule has 0 unspecified atom stereocenters. The van der Waals surface area contributed by atoms with E-state index in [1.54, 1.807) is 16.7 Å². The lowest BCUT2D eigenvalue weighted by atomic mass is 10.3. The highest BCUT2D eigenvalue weighted by atomic mass is 35.6. The Labute approximate surface area is 113 Å². The Morgan fingerprint density at radius 3 is 2.65 bits per heavy atom. The van der Waals surface area contributed by atoms with E-state index < -0.39 is 3.79 Å². The number of halogens is 3. The highest BCUT2D eigenvalue weighted by Gasteiger charge is 2.30. The molecule has 92 valence electrons. The van der Waals surface area contributed by atoms with Crippen LogP contribution in [-0.4, -0.2) is 21.3 Å². The molecule has 0 aliphatic rings. The van der Waals surface area contributed by atoms with Gasteiger partial charge in [-0.1, -0.05) is 40.9 Å². The van der Waals surface area contributed by atoms with Crippen molar-refractivity contribution in [2.24, 2.45) is 0 Å². The van der Waals surface area contributed by atoms with Gasteiger partial charge in [0.1, 0.15) is 5.52 Å². The average molecular weight is 295 g/mol. The Bertz CT molecular complexity index is 547. The van der Waals surface area contributed by atoms with Gasteiger partial charge in [0.2, 0.25) is 3.79 Å². The number of imidazole rings is 1. The zero-order valence-electron chi connectivity index (χ0n) is 8.70. The number of nitrogen functional groups attached to an aromatic ring is 1. The molecule has 0 atom stereocenters. The van der Waals surface area contributed by atoms with Crippen molar-refractivity contribution in [3.8, 4) is 0 Å². The van der Waals surface area contributed by atoms with Gasteiger partial charge in [-0.05, 0) is 12.1 Å². The van der Waals surface area contributed by atoms with Crippen LogP contribution >= 0.6 is 34.8 Å². The fraction of sp³-hybridized carbons (Fsp3) is 0.300. The predicted molar refractivity (Wildman–Crippen MR) is 70.5 cm³/mol. The van der Waals surface area contributed by atoms with Crippen LogP contribution in [0.2, 0.25) is 0 Å². The maximum Gasteiger partial charge on any atom is 0.248 e. The molecule has 1 aromatic carbocycles. The molecule has 0 amide bonds. The minimum absolute atomic E-state index is 0.0754. The summed E-state index contributed by atoms with van der Waals surface area (Å²) >= 11 is 17.5. The number of anilines is 1. The van der Waals surface area contributed by atoms with E-state index in [0.29, 0.717) is 17.7 Å². The number of aliphatic hydroxyl groups is 1. The predicted octanol–water partition coefficient (Wildman–Crippen LogP) is 2.44. The molecule has 0 spiro atoms. The molecule has 1 aromatic heterocycles. The molecule has 1 heterocycles. The number of fused-ring (bicyclic) bond motifs is 1. The molecule has 0 saturated carbocycles. The summed E-state index contributed by atoms with van der Waals surface area (Å²) < 4.78 is -0.000671. The van der Waals surface area contributed by atoms with Gasteiger partial charge < -0.3 is 15.4 Å². The Morgan fingerprint density at radius 2 is 2.06 bits per heavy atom. The van der Waals surface area contributed by atoms with Crippen molar-refractivity contribution in [3.05, 3.63) is 24.0 Å². The summed E-state index contributed by atoms with van der Waals surface area (Å²) in [6, 6.07) is 5.32. The van der Waals surface area contributed by atoms with Crippen LogP contribution in [0.15, 0.2) is 18.2 Å². The van der Waals surface area contributed by atoms with Gasteiger partial charge in [-0.2, -0.15) is 0 Å². The third-order valence-corrected chi connectivity index (χ3v) is 2.89. The summed E-state index contributed by atoms with van der Waals surface area (Å²) in [7, 11) is 0. The third-order valence-electron chi connectivity index (χ3n) is 2.39. The van der Waals surface area contributed by atoms with Gasteiger partial charge in [-0.3, -0.25) is 0 Å². The molecule has 0 saturated heterocycles. The van der Waals surface area contributed by atoms with E-state index in [-0.39, 0.29) is 12.4 Å². The zero-order valence-corrected chi connectivity index (χ0v) is 11.0. The van der Waals surface area contributed by atoms with Crippen LogP contribution < -0.4 is 5.73 Å². The second kappa shape index (κ2) is 4.53. The fourth-order valence-corrected chi connectivity index (χ4v) is 2.14. The molecule has 0 fully saturated rings. The van der Waals surface area contributed by atoms with Gasteiger partial charge in [-0.15, -0.1) is 0 Å². The van der Waals surface area contributed by atoms with E-state index in [2.05, 4.69) is 4.98 Å². The molecule has 2 rings (SSSR count). The second-order valence-corrected chi connectivity index (χ2v) is 5.80. The normalized spacial score (nSPS) is 12.2. The van der Waals surface area contributed by atoms with Gasteiger partial charge in [0, 0.05) is 6.54 Å². The van der Waals surface area contributed by atoms with Crippen LogP contribution in [0.25, 0.3) is 11.0 Å². The molecular weight excluding hydrogens is 284 g/mol. The maximum atomic E-state index is 9.05. The van der Waals surface area contributed by atoms with Gasteiger partial charge in [-0.25, -0.2) is 4.98 Å². The largest absolute Gasteiger partial charge is 0.397 e.